The number of thioether (sulfide) groups is 1. The summed E-state index contributed by atoms with van der Waals surface area (Å²) < 4.78 is 7.39. The van der Waals surface area contributed by atoms with Crippen LogP contribution in [0.3, 0.4) is 0 Å². The van der Waals surface area contributed by atoms with E-state index in [2.05, 4.69) is 55.6 Å². The molecule has 0 N–H and O–H groups in total. The predicted molar refractivity (Wildman–Crippen MR) is 91.0 cm³/mol. The van der Waals surface area contributed by atoms with E-state index in [0.717, 1.165) is 22.9 Å². The molecule has 0 spiro atoms. The number of benzene rings is 1. The summed E-state index contributed by atoms with van der Waals surface area (Å²) in [7, 11) is 1.69. The van der Waals surface area contributed by atoms with E-state index in [9.17, 15) is 0 Å². The van der Waals surface area contributed by atoms with Crippen LogP contribution in [0.2, 0.25) is 0 Å². The van der Waals surface area contributed by atoms with Gasteiger partial charge in [0.2, 0.25) is 0 Å². The lowest BCUT2D eigenvalue weighted by Gasteiger charge is -2.05. The van der Waals surface area contributed by atoms with Crippen molar-refractivity contribution in [2.24, 2.45) is 0 Å². The molecule has 2 rings (SSSR count). The molecule has 0 amide bonds. The highest BCUT2D eigenvalue weighted by molar-refractivity contribution is 8.00. The summed E-state index contributed by atoms with van der Waals surface area (Å²) in [5.74, 6) is 3.34. The molecule has 0 aliphatic carbocycles. The number of methoxy groups -OCH3 is 1. The van der Waals surface area contributed by atoms with E-state index >= 15 is 0 Å². The van der Waals surface area contributed by atoms with Crippen LogP contribution in [0.25, 0.3) is 5.69 Å². The Bertz CT molecular complexity index is 546. The van der Waals surface area contributed by atoms with Crippen LogP contribution in [0.15, 0.2) is 41.6 Å². The maximum absolute atomic E-state index is 5.20. The second-order valence-corrected chi connectivity index (χ2v) is 6.49. The Balaban J connectivity index is 2.31. The van der Waals surface area contributed by atoms with Crippen LogP contribution in [0.1, 0.15) is 25.3 Å². The normalized spacial score (nSPS) is 11.1. The standard InChI is InChI=1S/C16H21NOS2/c1-12(2)15-10-17(11-16(15)20-9-8-19)13-4-6-14(18-3)7-5-13/h4-7,10-12,19H,8-9H2,1-3H3. The summed E-state index contributed by atoms with van der Waals surface area (Å²) in [6.45, 7) is 4.47. The minimum atomic E-state index is 0.525. The predicted octanol–water partition coefficient (Wildman–Crippen LogP) is 4.63. The lowest BCUT2D eigenvalue weighted by Crippen LogP contribution is -1.91. The molecule has 20 heavy (non-hydrogen) atoms. The number of hydrogen-bond acceptors (Lipinski definition) is 3. The Morgan fingerprint density at radius 3 is 2.45 bits per heavy atom. The van der Waals surface area contributed by atoms with Gasteiger partial charge < -0.3 is 9.30 Å². The Labute approximate surface area is 130 Å². The molecule has 2 aromatic rings. The van der Waals surface area contributed by atoms with Crippen molar-refractivity contribution in [3.8, 4) is 11.4 Å². The molecule has 1 aromatic heterocycles. The maximum atomic E-state index is 5.20. The first-order chi connectivity index (χ1) is 9.65. The highest BCUT2D eigenvalue weighted by atomic mass is 32.2. The van der Waals surface area contributed by atoms with Crippen molar-refractivity contribution >= 4 is 24.4 Å². The summed E-state index contributed by atoms with van der Waals surface area (Å²) in [5, 5.41) is 0. The number of thiol groups is 1. The molecule has 0 radical (unpaired) electrons. The Hall–Kier alpha value is -1.00. The summed E-state index contributed by atoms with van der Waals surface area (Å²) in [4.78, 5) is 1.35. The summed E-state index contributed by atoms with van der Waals surface area (Å²) >= 11 is 6.17. The molecule has 108 valence electrons. The minimum absolute atomic E-state index is 0.525. The van der Waals surface area contributed by atoms with E-state index in [1.807, 2.05) is 23.9 Å². The van der Waals surface area contributed by atoms with Crippen molar-refractivity contribution in [1.29, 1.82) is 0 Å². The van der Waals surface area contributed by atoms with Gasteiger partial charge in [0.05, 0.1) is 7.11 Å². The second kappa shape index (κ2) is 7.14. The third kappa shape index (κ3) is 3.55. The lowest BCUT2D eigenvalue weighted by molar-refractivity contribution is 0.415. The zero-order valence-corrected chi connectivity index (χ0v) is 13.9. The van der Waals surface area contributed by atoms with Gasteiger partial charge in [0.15, 0.2) is 0 Å². The first kappa shape index (κ1) is 15.4. The van der Waals surface area contributed by atoms with E-state index in [-0.39, 0.29) is 0 Å². The van der Waals surface area contributed by atoms with Gasteiger partial charge in [-0.25, -0.2) is 0 Å². The fourth-order valence-electron chi connectivity index (χ4n) is 2.06. The number of aromatic nitrogens is 1. The summed E-state index contributed by atoms with van der Waals surface area (Å²) in [6, 6.07) is 8.14. The minimum Gasteiger partial charge on any atom is -0.497 e. The molecule has 0 saturated carbocycles. The van der Waals surface area contributed by atoms with Gasteiger partial charge in [-0.2, -0.15) is 12.6 Å². The first-order valence-corrected chi connectivity index (χ1v) is 8.37. The molecule has 0 fully saturated rings. The molecule has 0 aliphatic rings. The van der Waals surface area contributed by atoms with Gasteiger partial charge in [-0.1, -0.05) is 13.8 Å². The maximum Gasteiger partial charge on any atom is 0.119 e. The van der Waals surface area contributed by atoms with Crippen LogP contribution in [-0.2, 0) is 0 Å². The SMILES string of the molecule is COc1ccc(-n2cc(SCCS)c(C(C)C)c2)cc1. The average Bonchev–Trinajstić information content (AvgIpc) is 2.89. The molecule has 4 heteroatoms. The van der Waals surface area contributed by atoms with Crippen molar-refractivity contribution in [3.05, 3.63) is 42.2 Å². The van der Waals surface area contributed by atoms with Crippen LogP contribution in [-0.4, -0.2) is 23.2 Å². The van der Waals surface area contributed by atoms with Crippen molar-refractivity contribution in [2.45, 2.75) is 24.7 Å². The van der Waals surface area contributed by atoms with Crippen molar-refractivity contribution in [1.82, 2.24) is 4.57 Å². The highest BCUT2D eigenvalue weighted by Crippen LogP contribution is 2.31. The fourth-order valence-corrected chi connectivity index (χ4v) is 3.29. The highest BCUT2D eigenvalue weighted by Gasteiger charge is 2.11. The summed E-state index contributed by atoms with van der Waals surface area (Å²) in [5.41, 5.74) is 2.55. The molecule has 0 aliphatic heterocycles. The molecule has 1 aromatic carbocycles. The van der Waals surface area contributed by atoms with Crippen LogP contribution in [0, 0.1) is 0 Å². The topological polar surface area (TPSA) is 14.2 Å². The van der Waals surface area contributed by atoms with Crippen molar-refractivity contribution < 1.29 is 4.74 Å². The van der Waals surface area contributed by atoms with Crippen LogP contribution in [0.5, 0.6) is 5.75 Å². The lowest BCUT2D eigenvalue weighted by atomic mass is 10.1. The molecular weight excluding hydrogens is 286 g/mol. The Morgan fingerprint density at radius 2 is 1.90 bits per heavy atom. The largest absolute Gasteiger partial charge is 0.497 e. The van der Waals surface area contributed by atoms with Crippen molar-refractivity contribution in [3.63, 3.8) is 0 Å². The summed E-state index contributed by atoms with van der Waals surface area (Å²) in [6.07, 6.45) is 4.44. The zero-order valence-electron chi connectivity index (χ0n) is 12.2. The smallest absolute Gasteiger partial charge is 0.119 e. The molecule has 0 bridgehead atoms. The molecule has 1 heterocycles. The Kier molecular flexibility index (Phi) is 5.49. The first-order valence-electron chi connectivity index (χ1n) is 6.75. The third-order valence-electron chi connectivity index (χ3n) is 3.16. The van der Waals surface area contributed by atoms with Gasteiger partial charge in [0.1, 0.15) is 5.75 Å². The second-order valence-electron chi connectivity index (χ2n) is 4.91. The third-order valence-corrected chi connectivity index (χ3v) is 4.75. The van der Waals surface area contributed by atoms with Crippen LogP contribution < -0.4 is 4.74 Å². The van der Waals surface area contributed by atoms with E-state index in [1.165, 1.54) is 10.5 Å². The van der Waals surface area contributed by atoms with E-state index in [4.69, 9.17) is 4.74 Å². The molecule has 0 saturated heterocycles. The number of ether oxygens (including phenoxy) is 1. The number of nitrogens with zero attached hydrogens (tertiary/aromatic N) is 1. The van der Waals surface area contributed by atoms with Gasteiger partial charge in [0.25, 0.3) is 0 Å². The van der Waals surface area contributed by atoms with Crippen molar-refractivity contribution in [2.75, 3.05) is 18.6 Å². The Morgan fingerprint density at radius 1 is 1.20 bits per heavy atom. The fraction of sp³-hybridized carbons (Fsp3) is 0.375. The van der Waals surface area contributed by atoms with Gasteiger partial charge in [-0.15, -0.1) is 11.8 Å². The zero-order chi connectivity index (χ0) is 14.5. The number of hydrogen-bond donors (Lipinski definition) is 1. The monoisotopic (exact) mass is 307 g/mol. The molecule has 0 unspecified atom stereocenters. The van der Waals surface area contributed by atoms with E-state index in [0.29, 0.717) is 5.92 Å². The van der Waals surface area contributed by atoms with E-state index in [1.54, 1.807) is 7.11 Å². The molecule has 2 nitrogen and oxygen atoms in total. The van der Waals surface area contributed by atoms with Gasteiger partial charge in [-0.05, 0) is 41.5 Å². The van der Waals surface area contributed by atoms with Crippen LogP contribution >= 0.6 is 24.4 Å². The number of rotatable bonds is 6. The quantitative estimate of drug-likeness (QED) is 0.618. The van der Waals surface area contributed by atoms with E-state index < -0.39 is 0 Å². The van der Waals surface area contributed by atoms with Gasteiger partial charge in [-0.3, -0.25) is 0 Å². The van der Waals surface area contributed by atoms with Gasteiger partial charge in [0, 0.05) is 28.7 Å². The average molecular weight is 307 g/mol. The van der Waals surface area contributed by atoms with Crippen LogP contribution in [0.4, 0.5) is 0 Å². The van der Waals surface area contributed by atoms with Gasteiger partial charge >= 0.3 is 0 Å². The molecule has 0 atom stereocenters. The molecular formula is C16H21NOS2.